The summed E-state index contributed by atoms with van der Waals surface area (Å²) < 4.78 is 5.91. The molecule has 0 radical (unpaired) electrons. The number of ether oxygens (including phenoxy) is 1. The minimum absolute atomic E-state index is 0.467. The number of benzene rings is 1. The summed E-state index contributed by atoms with van der Waals surface area (Å²) in [6, 6.07) is 10.5. The molecule has 0 N–H and O–H groups in total. The molecule has 2 rings (SSSR count). The van der Waals surface area contributed by atoms with E-state index < -0.39 is 0 Å². The first kappa shape index (κ1) is 12.6. The molecule has 1 aromatic rings. The van der Waals surface area contributed by atoms with Crippen LogP contribution < -0.4 is 0 Å². The molecule has 1 heteroatoms. The Morgan fingerprint density at radius 2 is 1.76 bits per heavy atom. The van der Waals surface area contributed by atoms with Gasteiger partial charge in [-0.2, -0.15) is 0 Å². The van der Waals surface area contributed by atoms with Crippen molar-refractivity contribution in [1.82, 2.24) is 0 Å². The topological polar surface area (TPSA) is 9.23 Å². The van der Waals surface area contributed by atoms with Crippen LogP contribution in [0.4, 0.5) is 0 Å². The van der Waals surface area contributed by atoms with Crippen molar-refractivity contribution in [2.75, 3.05) is 0 Å². The van der Waals surface area contributed by atoms with Crippen molar-refractivity contribution in [2.24, 2.45) is 11.3 Å². The lowest BCUT2D eigenvalue weighted by molar-refractivity contribution is -0.0491. The minimum Gasteiger partial charge on any atom is -0.374 e. The van der Waals surface area contributed by atoms with Crippen molar-refractivity contribution in [3.05, 3.63) is 35.9 Å². The summed E-state index contributed by atoms with van der Waals surface area (Å²) in [6.45, 7) is 7.75. The average molecular weight is 232 g/mol. The lowest BCUT2D eigenvalue weighted by atomic mass is 9.73. The van der Waals surface area contributed by atoms with Crippen LogP contribution >= 0.6 is 0 Å². The highest BCUT2D eigenvalue weighted by molar-refractivity contribution is 5.13. The number of rotatable bonds is 4. The van der Waals surface area contributed by atoms with Crippen molar-refractivity contribution in [3.63, 3.8) is 0 Å². The Bertz CT molecular complexity index is 330. The minimum atomic E-state index is 0.467. The maximum atomic E-state index is 5.91. The van der Waals surface area contributed by atoms with E-state index in [0.29, 0.717) is 11.5 Å². The molecule has 0 aliphatic heterocycles. The Morgan fingerprint density at radius 1 is 1.12 bits per heavy atom. The lowest BCUT2D eigenvalue weighted by Gasteiger charge is -2.38. The third kappa shape index (κ3) is 4.16. The lowest BCUT2D eigenvalue weighted by Crippen LogP contribution is -2.33. The van der Waals surface area contributed by atoms with Gasteiger partial charge in [0.25, 0.3) is 0 Å². The van der Waals surface area contributed by atoms with Crippen LogP contribution in [0.1, 0.15) is 45.6 Å². The standard InChI is InChI=1S/C16H24O/c1-16(2,3)11-14-9-15(10-14)17-12-13-7-5-4-6-8-13/h4-8,14-15H,9-12H2,1-3H3. The molecule has 1 saturated carbocycles. The number of hydrogen-bond donors (Lipinski definition) is 0. The summed E-state index contributed by atoms with van der Waals surface area (Å²) >= 11 is 0. The molecule has 0 spiro atoms. The Kier molecular flexibility index (Phi) is 3.88. The van der Waals surface area contributed by atoms with E-state index in [-0.39, 0.29) is 0 Å². The summed E-state index contributed by atoms with van der Waals surface area (Å²) in [4.78, 5) is 0. The average Bonchev–Trinajstić information content (AvgIpc) is 2.21. The molecule has 0 aromatic heterocycles. The quantitative estimate of drug-likeness (QED) is 0.746. The van der Waals surface area contributed by atoms with E-state index in [1.54, 1.807) is 0 Å². The molecule has 1 aliphatic rings. The fourth-order valence-corrected chi connectivity index (χ4v) is 2.63. The highest BCUT2D eigenvalue weighted by Gasteiger charge is 2.32. The molecule has 0 saturated heterocycles. The van der Waals surface area contributed by atoms with Gasteiger partial charge < -0.3 is 4.74 Å². The van der Waals surface area contributed by atoms with Crippen molar-refractivity contribution in [1.29, 1.82) is 0 Å². The molecule has 0 bridgehead atoms. The molecule has 94 valence electrons. The van der Waals surface area contributed by atoms with Gasteiger partial charge in [-0.25, -0.2) is 0 Å². The second-order valence-corrected chi connectivity index (χ2v) is 6.52. The predicted octanol–water partition coefficient (Wildman–Crippen LogP) is 4.42. The zero-order valence-electron chi connectivity index (χ0n) is 11.3. The second kappa shape index (κ2) is 5.22. The summed E-state index contributed by atoms with van der Waals surface area (Å²) in [5, 5.41) is 0. The van der Waals surface area contributed by atoms with Gasteiger partial charge in [0.15, 0.2) is 0 Å². The van der Waals surface area contributed by atoms with Gasteiger partial charge in [0, 0.05) is 0 Å². The maximum absolute atomic E-state index is 5.91. The van der Waals surface area contributed by atoms with Crippen LogP contribution in [0.25, 0.3) is 0 Å². The van der Waals surface area contributed by atoms with Gasteiger partial charge in [-0.15, -0.1) is 0 Å². The van der Waals surface area contributed by atoms with E-state index in [1.165, 1.54) is 24.8 Å². The third-order valence-electron chi connectivity index (χ3n) is 3.42. The van der Waals surface area contributed by atoms with E-state index in [4.69, 9.17) is 4.74 Å². The molecule has 0 heterocycles. The summed E-state index contributed by atoms with van der Waals surface area (Å²) in [5.74, 6) is 0.885. The van der Waals surface area contributed by atoms with Gasteiger partial charge in [-0.1, -0.05) is 51.1 Å². The van der Waals surface area contributed by atoms with Gasteiger partial charge in [-0.05, 0) is 36.2 Å². The smallest absolute Gasteiger partial charge is 0.0720 e. The van der Waals surface area contributed by atoms with Crippen molar-refractivity contribution in [2.45, 2.75) is 52.7 Å². The highest BCUT2D eigenvalue weighted by atomic mass is 16.5. The molecule has 0 unspecified atom stereocenters. The van der Waals surface area contributed by atoms with E-state index in [9.17, 15) is 0 Å². The summed E-state index contributed by atoms with van der Waals surface area (Å²) in [6.07, 6.45) is 4.34. The van der Waals surface area contributed by atoms with Crippen molar-refractivity contribution >= 4 is 0 Å². The zero-order valence-corrected chi connectivity index (χ0v) is 11.3. The van der Waals surface area contributed by atoms with Gasteiger partial charge in [0.2, 0.25) is 0 Å². The molecule has 1 aromatic carbocycles. The molecule has 1 fully saturated rings. The maximum Gasteiger partial charge on any atom is 0.0720 e. The summed E-state index contributed by atoms with van der Waals surface area (Å²) in [7, 11) is 0. The van der Waals surface area contributed by atoms with E-state index in [2.05, 4.69) is 45.0 Å². The van der Waals surface area contributed by atoms with Gasteiger partial charge in [0.05, 0.1) is 12.7 Å². The fraction of sp³-hybridized carbons (Fsp3) is 0.625. The molecule has 17 heavy (non-hydrogen) atoms. The molecule has 0 atom stereocenters. The van der Waals surface area contributed by atoms with Gasteiger partial charge in [0.1, 0.15) is 0 Å². The molecular formula is C16H24O. The normalized spacial score (nSPS) is 24.4. The Hall–Kier alpha value is -0.820. The molecule has 1 nitrogen and oxygen atoms in total. The van der Waals surface area contributed by atoms with Crippen LogP contribution in [0.2, 0.25) is 0 Å². The first-order valence-corrected chi connectivity index (χ1v) is 6.68. The van der Waals surface area contributed by atoms with Crippen LogP contribution in [0.15, 0.2) is 30.3 Å². The zero-order chi connectivity index (χ0) is 12.3. The van der Waals surface area contributed by atoms with Crippen LogP contribution in [-0.4, -0.2) is 6.10 Å². The molecular weight excluding hydrogens is 208 g/mol. The Labute approximate surface area is 105 Å². The SMILES string of the molecule is CC(C)(C)CC1CC(OCc2ccccc2)C1. The second-order valence-electron chi connectivity index (χ2n) is 6.52. The largest absolute Gasteiger partial charge is 0.374 e. The highest BCUT2D eigenvalue weighted by Crippen LogP contribution is 2.39. The predicted molar refractivity (Wildman–Crippen MR) is 71.8 cm³/mol. The van der Waals surface area contributed by atoms with E-state index >= 15 is 0 Å². The van der Waals surface area contributed by atoms with Gasteiger partial charge >= 0.3 is 0 Å². The monoisotopic (exact) mass is 232 g/mol. The van der Waals surface area contributed by atoms with Crippen molar-refractivity contribution < 1.29 is 4.74 Å². The fourth-order valence-electron chi connectivity index (χ4n) is 2.63. The summed E-state index contributed by atoms with van der Waals surface area (Å²) in [5.41, 5.74) is 1.75. The number of hydrogen-bond acceptors (Lipinski definition) is 1. The van der Waals surface area contributed by atoms with E-state index in [1.807, 2.05) is 6.07 Å². The van der Waals surface area contributed by atoms with Crippen LogP contribution in [0.5, 0.6) is 0 Å². The van der Waals surface area contributed by atoms with Gasteiger partial charge in [-0.3, -0.25) is 0 Å². The third-order valence-corrected chi connectivity index (χ3v) is 3.42. The van der Waals surface area contributed by atoms with E-state index in [0.717, 1.165) is 12.5 Å². The first-order valence-electron chi connectivity index (χ1n) is 6.68. The molecule has 0 amide bonds. The molecule has 1 aliphatic carbocycles. The first-order chi connectivity index (χ1) is 8.03. The van der Waals surface area contributed by atoms with Crippen LogP contribution in [0, 0.1) is 11.3 Å². The van der Waals surface area contributed by atoms with Crippen LogP contribution in [0.3, 0.4) is 0 Å². The van der Waals surface area contributed by atoms with Crippen LogP contribution in [-0.2, 0) is 11.3 Å². The Balaban J connectivity index is 1.65. The Morgan fingerprint density at radius 3 is 2.35 bits per heavy atom. The van der Waals surface area contributed by atoms with Crippen molar-refractivity contribution in [3.8, 4) is 0 Å².